The van der Waals surface area contributed by atoms with Gasteiger partial charge in [0.2, 0.25) is 0 Å². The summed E-state index contributed by atoms with van der Waals surface area (Å²) in [5.74, 6) is -0.160. The predicted octanol–water partition coefficient (Wildman–Crippen LogP) is 2.98. The SMILES string of the molecule is CCn1cccc1CNCCc1cccc(F)c1. The van der Waals surface area contributed by atoms with Crippen molar-refractivity contribution in [1.82, 2.24) is 9.88 Å². The molecule has 1 aromatic carbocycles. The van der Waals surface area contributed by atoms with Crippen molar-refractivity contribution in [2.45, 2.75) is 26.4 Å². The molecule has 0 bridgehead atoms. The van der Waals surface area contributed by atoms with E-state index in [4.69, 9.17) is 0 Å². The predicted molar refractivity (Wildman–Crippen MR) is 71.9 cm³/mol. The zero-order valence-electron chi connectivity index (χ0n) is 10.7. The summed E-state index contributed by atoms with van der Waals surface area (Å²) in [4.78, 5) is 0. The van der Waals surface area contributed by atoms with Crippen LogP contribution in [-0.2, 0) is 19.5 Å². The molecule has 0 amide bonds. The van der Waals surface area contributed by atoms with Crippen molar-refractivity contribution >= 4 is 0 Å². The van der Waals surface area contributed by atoms with Crippen molar-refractivity contribution in [2.75, 3.05) is 6.54 Å². The molecular weight excluding hydrogens is 227 g/mol. The van der Waals surface area contributed by atoms with E-state index in [0.29, 0.717) is 0 Å². The van der Waals surface area contributed by atoms with Crippen molar-refractivity contribution < 1.29 is 4.39 Å². The first kappa shape index (κ1) is 12.8. The number of nitrogens with one attached hydrogen (secondary N) is 1. The van der Waals surface area contributed by atoms with Crippen molar-refractivity contribution in [3.05, 3.63) is 59.7 Å². The van der Waals surface area contributed by atoms with Crippen LogP contribution in [0.5, 0.6) is 0 Å². The molecule has 0 spiro atoms. The van der Waals surface area contributed by atoms with Gasteiger partial charge in [-0.1, -0.05) is 12.1 Å². The Morgan fingerprint density at radius 1 is 1.22 bits per heavy atom. The van der Waals surface area contributed by atoms with E-state index in [1.807, 2.05) is 6.07 Å². The molecule has 0 saturated carbocycles. The van der Waals surface area contributed by atoms with Crippen molar-refractivity contribution in [3.63, 3.8) is 0 Å². The molecular formula is C15H19FN2. The lowest BCUT2D eigenvalue weighted by Gasteiger charge is -2.08. The maximum absolute atomic E-state index is 13.0. The first-order valence-electron chi connectivity index (χ1n) is 6.39. The molecule has 1 N–H and O–H groups in total. The molecule has 1 aromatic heterocycles. The molecule has 18 heavy (non-hydrogen) atoms. The van der Waals surface area contributed by atoms with E-state index < -0.39 is 0 Å². The Bertz CT molecular complexity index is 491. The van der Waals surface area contributed by atoms with Crippen LogP contribution in [0, 0.1) is 5.82 Å². The van der Waals surface area contributed by atoms with E-state index in [0.717, 1.165) is 31.6 Å². The summed E-state index contributed by atoms with van der Waals surface area (Å²) < 4.78 is 15.2. The normalized spacial score (nSPS) is 10.8. The molecule has 0 radical (unpaired) electrons. The van der Waals surface area contributed by atoms with Gasteiger partial charge in [-0.05, 0) is 49.7 Å². The molecule has 2 rings (SSSR count). The zero-order chi connectivity index (χ0) is 12.8. The number of halogens is 1. The highest BCUT2D eigenvalue weighted by atomic mass is 19.1. The third-order valence-electron chi connectivity index (χ3n) is 3.05. The highest BCUT2D eigenvalue weighted by Gasteiger charge is 1.99. The van der Waals surface area contributed by atoms with Gasteiger partial charge in [-0.3, -0.25) is 0 Å². The summed E-state index contributed by atoms with van der Waals surface area (Å²) in [6, 6.07) is 11.0. The second-order valence-electron chi connectivity index (χ2n) is 4.34. The second-order valence-corrected chi connectivity index (χ2v) is 4.34. The van der Waals surface area contributed by atoms with Gasteiger partial charge in [0.25, 0.3) is 0 Å². The molecule has 96 valence electrons. The number of nitrogens with zero attached hydrogens (tertiary/aromatic N) is 1. The fourth-order valence-electron chi connectivity index (χ4n) is 2.06. The molecule has 2 nitrogen and oxygen atoms in total. The number of rotatable bonds is 6. The highest BCUT2D eigenvalue weighted by Crippen LogP contribution is 2.04. The monoisotopic (exact) mass is 246 g/mol. The van der Waals surface area contributed by atoms with Gasteiger partial charge >= 0.3 is 0 Å². The average molecular weight is 246 g/mol. The minimum atomic E-state index is -0.160. The van der Waals surface area contributed by atoms with Gasteiger partial charge in [0, 0.05) is 25.0 Å². The smallest absolute Gasteiger partial charge is 0.123 e. The minimum absolute atomic E-state index is 0.160. The van der Waals surface area contributed by atoms with Gasteiger partial charge in [0.15, 0.2) is 0 Å². The lowest BCUT2D eigenvalue weighted by Crippen LogP contribution is -2.18. The summed E-state index contributed by atoms with van der Waals surface area (Å²) >= 11 is 0. The summed E-state index contributed by atoms with van der Waals surface area (Å²) in [5.41, 5.74) is 2.32. The van der Waals surface area contributed by atoms with Crippen molar-refractivity contribution in [3.8, 4) is 0 Å². The molecule has 0 aliphatic heterocycles. The van der Waals surface area contributed by atoms with Gasteiger partial charge in [-0.2, -0.15) is 0 Å². The number of aromatic nitrogens is 1. The third kappa shape index (κ3) is 3.44. The summed E-state index contributed by atoms with van der Waals surface area (Å²) in [5, 5.41) is 3.39. The fourth-order valence-corrected chi connectivity index (χ4v) is 2.06. The number of hydrogen-bond acceptors (Lipinski definition) is 1. The quantitative estimate of drug-likeness (QED) is 0.775. The van der Waals surface area contributed by atoms with Crippen molar-refractivity contribution in [2.24, 2.45) is 0 Å². The van der Waals surface area contributed by atoms with Crippen LogP contribution in [-0.4, -0.2) is 11.1 Å². The molecule has 0 unspecified atom stereocenters. The Hall–Kier alpha value is -1.61. The van der Waals surface area contributed by atoms with Gasteiger partial charge in [0.05, 0.1) is 0 Å². The first-order chi connectivity index (χ1) is 8.79. The van der Waals surface area contributed by atoms with Gasteiger partial charge in [0.1, 0.15) is 5.82 Å². The lowest BCUT2D eigenvalue weighted by atomic mass is 10.1. The van der Waals surface area contributed by atoms with E-state index in [-0.39, 0.29) is 5.82 Å². The van der Waals surface area contributed by atoms with Crippen molar-refractivity contribution in [1.29, 1.82) is 0 Å². The number of hydrogen-bond donors (Lipinski definition) is 1. The van der Waals surface area contributed by atoms with Crippen LogP contribution in [0.25, 0.3) is 0 Å². The Morgan fingerprint density at radius 2 is 2.11 bits per heavy atom. The Kier molecular flexibility index (Phi) is 4.53. The van der Waals surface area contributed by atoms with Gasteiger partial charge < -0.3 is 9.88 Å². The largest absolute Gasteiger partial charge is 0.351 e. The summed E-state index contributed by atoms with van der Waals surface area (Å²) in [6.45, 7) is 4.85. The van der Waals surface area contributed by atoms with Crippen LogP contribution in [0.15, 0.2) is 42.6 Å². The minimum Gasteiger partial charge on any atom is -0.351 e. The molecule has 1 heterocycles. The van der Waals surface area contributed by atoms with Gasteiger partial charge in [-0.15, -0.1) is 0 Å². The zero-order valence-corrected chi connectivity index (χ0v) is 10.7. The first-order valence-corrected chi connectivity index (χ1v) is 6.39. The number of aryl methyl sites for hydroxylation is 1. The summed E-state index contributed by atoms with van der Waals surface area (Å²) in [6.07, 6.45) is 2.94. The maximum Gasteiger partial charge on any atom is 0.123 e. The van der Waals surface area contributed by atoms with Crippen LogP contribution in [0.3, 0.4) is 0 Å². The van der Waals surface area contributed by atoms with Crippen LogP contribution in [0.1, 0.15) is 18.2 Å². The molecule has 0 aliphatic rings. The lowest BCUT2D eigenvalue weighted by molar-refractivity contribution is 0.615. The Labute approximate surface area is 107 Å². The molecule has 2 aromatic rings. The summed E-state index contributed by atoms with van der Waals surface area (Å²) in [7, 11) is 0. The number of benzene rings is 1. The standard InChI is InChI=1S/C15H19FN2/c1-2-18-10-4-7-15(18)12-17-9-8-13-5-3-6-14(16)11-13/h3-7,10-11,17H,2,8-9,12H2,1H3. The van der Waals surface area contributed by atoms with E-state index in [1.54, 1.807) is 12.1 Å². The van der Waals surface area contributed by atoms with E-state index in [2.05, 4.69) is 35.1 Å². The fraction of sp³-hybridized carbons (Fsp3) is 0.333. The Balaban J connectivity index is 1.76. The van der Waals surface area contributed by atoms with Gasteiger partial charge in [-0.25, -0.2) is 4.39 Å². The van der Waals surface area contributed by atoms with Crippen LogP contribution >= 0.6 is 0 Å². The van der Waals surface area contributed by atoms with Crippen LogP contribution < -0.4 is 5.32 Å². The second kappa shape index (κ2) is 6.36. The van der Waals surface area contributed by atoms with E-state index in [9.17, 15) is 4.39 Å². The molecule has 3 heteroatoms. The molecule has 0 atom stereocenters. The molecule has 0 fully saturated rings. The third-order valence-corrected chi connectivity index (χ3v) is 3.05. The average Bonchev–Trinajstić information content (AvgIpc) is 2.82. The Morgan fingerprint density at radius 3 is 2.89 bits per heavy atom. The maximum atomic E-state index is 13.0. The van der Waals surface area contributed by atoms with E-state index in [1.165, 1.54) is 11.8 Å². The molecule has 0 saturated heterocycles. The highest BCUT2D eigenvalue weighted by molar-refractivity contribution is 5.16. The molecule has 0 aliphatic carbocycles. The van der Waals surface area contributed by atoms with E-state index >= 15 is 0 Å². The van der Waals surface area contributed by atoms with Crippen LogP contribution in [0.4, 0.5) is 4.39 Å². The topological polar surface area (TPSA) is 17.0 Å². The van der Waals surface area contributed by atoms with Crippen LogP contribution in [0.2, 0.25) is 0 Å².